The first-order valence-electron chi connectivity index (χ1n) is 6.63. The molecule has 0 aliphatic rings. The van der Waals surface area contributed by atoms with Gasteiger partial charge in [-0.15, -0.1) is 0 Å². The molecule has 0 radical (unpaired) electrons. The van der Waals surface area contributed by atoms with E-state index in [-0.39, 0.29) is 5.78 Å². The highest BCUT2D eigenvalue weighted by atomic mass is 16.3. The summed E-state index contributed by atoms with van der Waals surface area (Å²) in [7, 11) is 0. The summed E-state index contributed by atoms with van der Waals surface area (Å²) in [6.07, 6.45) is 4.99. The van der Waals surface area contributed by atoms with E-state index in [4.69, 9.17) is 9.95 Å². The van der Waals surface area contributed by atoms with Crippen LogP contribution in [-0.4, -0.2) is 16.8 Å². The zero-order valence-electron chi connectivity index (χ0n) is 11.5. The normalized spacial score (nSPS) is 9.33. The van der Waals surface area contributed by atoms with Crippen molar-refractivity contribution in [1.82, 2.24) is 0 Å². The number of hydrogen-bond donors (Lipinski definition) is 0. The van der Waals surface area contributed by atoms with E-state index < -0.39 is 0 Å². The fraction of sp³-hybridized carbons (Fsp3) is 0.176. The number of hydrogen-bond acceptors (Lipinski definition) is 2. The molecule has 1 heterocycles. The maximum atomic E-state index is 11.7. The van der Waals surface area contributed by atoms with E-state index in [1.807, 2.05) is 18.2 Å². The lowest BCUT2D eigenvalue weighted by Gasteiger charge is -1.97. The molecule has 0 aliphatic carbocycles. The minimum atomic E-state index is -0.363. The number of rotatable bonds is 5. The van der Waals surface area contributed by atoms with Crippen LogP contribution in [-0.2, 0) is 6.42 Å². The fourth-order valence-electron chi connectivity index (χ4n) is 1.89. The Balaban J connectivity index is 1.98. The van der Waals surface area contributed by atoms with Crippen molar-refractivity contribution in [2.75, 3.05) is 0 Å². The van der Waals surface area contributed by atoms with Crippen molar-refractivity contribution < 1.29 is 14.0 Å². The topological polar surface area (TPSA) is 66.6 Å². The van der Waals surface area contributed by atoms with Gasteiger partial charge in [0.05, 0.1) is 6.26 Å². The number of ketones is 1. The summed E-state index contributed by atoms with van der Waals surface area (Å²) in [6.45, 7) is 0. The molecule has 0 N–H and O–H groups in total. The molecule has 0 bridgehead atoms. The first-order valence-corrected chi connectivity index (χ1v) is 6.63. The molecule has 4 heteroatoms. The lowest BCUT2D eigenvalue weighted by atomic mass is 10.0. The van der Waals surface area contributed by atoms with Crippen LogP contribution in [0, 0.1) is 11.8 Å². The Morgan fingerprint density at radius 3 is 2.90 bits per heavy atom. The first kappa shape index (κ1) is 14.5. The van der Waals surface area contributed by atoms with Gasteiger partial charge in [-0.2, -0.15) is 4.79 Å². The van der Waals surface area contributed by atoms with Crippen LogP contribution < -0.4 is 0 Å². The number of unbranched alkanes of at least 4 members (excludes halogenated alkanes) is 1. The van der Waals surface area contributed by atoms with Crippen LogP contribution >= 0.6 is 0 Å². The minimum Gasteiger partial charge on any atom is -0.469 e. The highest BCUT2D eigenvalue weighted by Crippen LogP contribution is 2.08. The van der Waals surface area contributed by atoms with Crippen LogP contribution in [0.4, 0.5) is 0 Å². The number of carbonyl (C=O) groups excluding carboxylic acids is 1. The van der Waals surface area contributed by atoms with Gasteiger partial charge in [-0.3, -0.25) is 4.79 Å². The standard InChI is InChI=1S/C17H14N2O2/c18-19-13-17(20)16-11-5-4-8-14(16)7-2-1-3-9-15-10-6-12-21-15/h4-6,8,10-13H,1,3,9H2. The van der Waals surface area contributed by atoms with E-state index in [1.54, 1.807) is 24.5 Å². The predicted molar refractivity (Wildman–Crippen MR) is 79.0 cm³/mol. The van der Waals surface area contributed by atoms with Crippen LogP contribution in [0.5, 0.6) is 0 Å². The molecule has 21 heavy (non-hydrogen) atoms. The highest BCUT2D eigenvalue weighted by Gasteiger charge is 2.10. The summed E-state index contributed by atoms with van der Waals surface area (Å²) in [4.78, 5) is 14.5. The summed E-state index contributed by atoms with van der Waals surface area (Å²) in [5.41, 5.74) is 9.51. The first-order chi connectivity index (χ1) is 10.3. The molecule has 1 aromatic carbocycles. The Morgan fingerprint density at radius 1 is 1.29 bits per heavy atom. The third-order valence-electron chi connectivity index (χ3n) is 2.90. The van der Waals surface area contributed by atoms with Gasteiger partial charge in [0.2, 0.25) is 0 Å². The van der Waals surface area contributed by atoms with Crippen LogP contribution in [0.1, 0.15) is 34.5 Å². The van der Waals surface area contributed by atoms with E-state index in [1.165, 1.54) is 0 Å². The molecule has 4 nitrogen and oxygen atoms in total. The zero-order chi connectivity index (χ0) is 14.9. The molecular weight excluding hydrogens is 264 g/mol. The van der Waals surface area contributed by atoms with Gasteiger partial charge >= 0.3 is 6.21 Å². The lowest BCUT2D eigenvalue weighted by Crippen LogP contribution is -2.03. The summed E-state index contributed by atoms with van der Waals surface area (Å²) in [5, 5.41) is 0. The van der Waals surface area contributed by atoms with E-state index in [0.717, 1.165) is 31.2 Å². The van der Waals surface area contributed by atoms with Crippen molar-refractivity contribution in [3.63, 3.8) is 0 Å². The predicted octanol–water partition coefficient (Wildman–Crippen LogP) is 3.14. The maximum absolute atomic E-state index is 11.7. The molecule has 0 saturated carbocycles. The second kappa shape index (κ2) is 7.64. The molecule has 0 atom stereocenters. The Hall–Kier alpha value is -2.89. The average Bonchev–Trinajstić information content (AvgIpc) is 3.01. The van der Waals surface area contributed by atoms with E-state index in [9.17, 15) is 4.79 Å². The molecule has 0 unspecified atom stereocenters. The maximum Gasteiger partial charge on any atom is 0.328 e. The van der Waals surface area contributed by atoms with Gasteiger partial charge in [-0.05, 0) is 30.7 Å². The number of furan rings is 1. The zero-order valence-corrected chi connectivity index (χ0v) is 11.5. The van der Waals surface area contributed by atoms with Crippen LogP contribution in [0.2, 0.25) is 0 Å². The van der Waals surface area contributed by atoms with Crippen molar-refractivity contribution in [3.05, 3.63) is 65.1 Å². The Morgan fingerprint density at radius 2 is 2.14 bits per heavy atom. The van der Waals surface area contributed by atoms with Crippen molar-refractivity contribution in [2.24, 2.45) is 0 Å². The molecule has 1 aromatic heterocycles. The van der Waals surface area contributed by atoms with Gasteiger partial charge in [0.25, 0.3) is 5.78 Å². The second-order valence-corrected chi connectivity index (χ2v) is 4.39. The molecule has 0 aliphatic heterocycles. The molecule has 0 amide bonds. The Labute approximate surface area is 123 Å². The van der Waals surface area contributed by atoms with Crippen LogP contribution in [0.3, 0.4) is 0 Å². The second-order valence-electron chi connectivity index (χ2n) is 4.39. The lowest BCUT2D eigenvalue weighted by molar-refractivity contribution is 0.00234. The third-order valence-corrected chi connectivity index (χ3v) is 2.90. The molecule has 104 valence electrons. The number of benzene rings is 1. The van der Waals surface area contributed by atoms with Gasteiger partial charge in [0.1, 0.15) is 5.76 Å². The molecule has 0 spiro atoms. The van der Waals surface area contributed by atoms with Gasteiger partial charge in [-0.25, -0.2) is 0 Å². The molecule has 2 aromatic rings. The number of Topliss-reactive ketones (excluding diaryl/α,β-unsaturated/α-hetero) is 1. The van der Waals surface area contributed by atoms with Crippen molar-refractivity contribution in [3.8, 4) is 11.8 Å². The SMILES string of the molecule is [N-]=[N+]=CC(=O)c1ccccc1C#CCCCc1ccco1. The largest absolute Gasteiger partial charge is 0.469 e. The number of aryl methyl sites for hydroxylation is 1. The van der Waals surface area contributed by atoms with Crippen molar-refractivity contribution >= 4 is 12.0 Å². The van der Waals surface area contributed by atoms with Crippen molar-refractivity contribution in [2.45, 2.75) is 19.3 Å². The molecule has 0 saturated heterocycles. The smallest absolute Gasteiger partial charge is 0.328 e. The molecule has 2 rings (SSSR count). The number of nitrogens with zero attached hydrogens (tertiary/aromatic N) is 2. The summed E-state index contributed by atoms with van der Waals surface area (Å²) in [6, 6.07) is 10.8. The Kier molecular flexibility index (Phi) is 5.28. The molecular formula is C17H14N2O2. The van der Waals surface area contributed by atoms with E-state index >= 15 is 0 Å². The van der Waals surface area contributed by atoms with E-state index in [0.29, 0.717) is 11.1 Å². The molecule has 0 fully saturated rings. The van der Waals surface area contributed by atoms with Gasteiger partial charge in [-0.1, -0.05) is 24.0 Å². The summed E-state index contributed by atoms with van der Waals surface area (Å²) < 4.78 is 5.24. The van der Waals surface area contributed by atoms with Gasteiger partial charge < -0.3 is 9.95 Å². The van der Waals surface area contributed by atoms with Gasteiger partial charge in [0.15, 0.2) is 0 Å². The van der Waals surface area contributed by atoms with Crippen LogP contribution in [0.15, 0.2) is 47.1 Å². The summed E-state index contributed by atoms with van der Waals surface area (Å²) >= 11 is 0. The third kappa shape index (κ3) is 4.31. The van der Waals surface area contributed by atoms with Crippen LogP contribution in [0.25, 0.3) is 5.53 Å². The average molecular weight is 278 g/mol. The highest BCUT2D eigenvalue weighted by molar-refractivity contribution is 6.34. The minimum absolute atomic E-state index is 0.363. The fourth-order valence-corrected chi connectivity index (χ4v) is 1.89. The van der Waals surface area contributed by atoms with E-state index in [2.05, 4.69) is 16.6 Å². The summed E-state index contributed by atoms with van der Waals surface area (Å²) in [5.74, 6) is 6.63. The number of carbonyl (C=O) groups is 1. The Bertz CT molecular complexity index is 715. The van der Waals surface area contributed by atoms with Crippen molar-refractivity contribution in [1.29, 1.82) is 0 Å². The van der Waals surface area contributed by atoms with Gasteiger partial charge in [0, 0.05) is 24.0 Å². The monoisotopic (exact) mass is 278 g/mol. The quantitative estimate of drug-likeness (QED) is 0.210.